The lowest BCUT2D eigenvalue weighted by Crippen LogP contribution is -2.49. The number of carbonyl (C=O) groups is 2. The predicted octanol–water partition coefficient (Wildman–Crippen LogP) is 21.0. The second-order valence-corrected chi connectivity index (χ2v) is 36.4. The number of aromatic hydroxyl groups is 2. The summed E-state index contributed by atoms with van der Waals surface area (Å²) < 4.78 is 204. The van der Waals surface area contributed by atoms with E-state index in [0.717, 1.165) is 119 Å². The summed E-state index contributed by atoms with van der Waals surface area (Å²) in [5.74, 6) is 0.837. The van der Waals surface area contributed by atoms with Crippen LogP contribution in [-0.4, -0.2) is 100 Å². The van der Waals surface area contributed by atoms with E-state index >= 15 is 0 Å². The van der Waals surface area contributed by atoms with Crippen LogP contribution in [0.15, 0.2) is 308 Å². The fourth-order valence-electron chi connectivity index (χ4n) is 11.5. The molecule has 0 amide bonds. The first-order valence-electron chi connectivity index (χ1n) is 39.2. The normalized spacial score (nSPS) is 11.6. The minimum absolute atomic E-state index is 0.0911. The molecular weight excluding hydrogens is 1840 g/mol. The molecule has 0 radical (unpaired) electrons. The molecule has 0 aliphatic carbocycles. The molecule has 0 unspecified atom stereocenters. The van der Waals surface area contributed by atoms with Gasteiger partial charge in [0.15, 0.2) is 0 Å². The average Bonchev–Trinajstić information content (AvgIpc) is 0.737. The molecule has 686 valence electrons. The van der Waals surface area contributed by atoms with Gasteiger partial charge in [-0.2, -0.15) is 64.8 Å². The zero-order valence-electron chi connectivity index (χ0n) is 70.7. The van der Waals surface area contributed by atoms with Gasteiger partial charge in [-0.15, -0.1) is 3.71 Å². The minimum atomic E-state index is -6.81. The van der Waals surface area contributed by atoms with Gasteiger partial charge in [-0.1, -0.05) is 140 Å². The number of sulfonamides is 2. The van der Waals surface area contributed by atoms with Crippen molar-refractivity contribution in [1.29, 1.82) is 0 Å². The van der Waals surface area contributed by atoms with E-state index in [0.29, 0.717) is 54.0 Å². The van der Waals surface area contributed by atoms with Gasteiger partial charge in [0.05, 0.1) is 69.9 Å². The molecule has 131 heavy (non-hydrogen) atoms. The van der Waals surface area contributed by atoms with Crippen molar-refractivity contribution in [2.75, 3.05) is 14.8 Å². The van der Waals surface area contributed by atoms with Crippen molar-refractivity contribution in [3.8, 4) is 28.7 Å². The van der Waals surface area contributed by atoms with E-state index in [9.17, 15) is 79.5 Å². The van der Waals surface area contributed by atoms with Gasteiger partial charge in [0.25, 0.3) is 0 Å². The lowest BCUT2D eigenvalue weighted by atomic mass is 10.1. The van der Waals surface area contributed by atoms with Gasteiger partial charge in [-0.25, -0.2) is 0 Å². The highest BCUT2D eigenvalue weighted by atomic mass is 79.9. The lowest BCUT2D eigenvalue weighted by Gasteiger charge is -2.25. The molecule has 15 rings (SSSR count). The van der Waals surface area contributed by atoms with Crippen LogP contribution < -0.4 is 34.2 Å². The number of alkyl halides is 9. The van der Waals surface area contributed by atoms with E-state index in [1.54, 1.807) is 81.8 Å². The third-order valence-corrected chi connectivity index (χ3v) is 22.4. The summed E-state index contributed by atoms with van der Waals surface area (Å²) in [6, 6.07) is 79.1. The fourth-order valence-corrected chi connectivity index (χ4v) is 15.0. The van der Waals surface area contributed by atoms with Crippen LogP contribution in [-0.2, 0) is 88.4 Å². The molecule has 0 fully saturated rings. The lowest BCUT2D eigenvalue weighted by molar-refractivity contribution is -0.155. The summed E-state index contributed by atoms with van der Waals surface area (Å²) in [6.07, 6.45) is 8.44. The van der Waals surface area contributed by atoms with Gasteiger partial charge in [-0.3, -0.25) is 34.5 Å². The number of nitrogen functional groups attached to an aromatic ring is 1. The molecule has 10 aromatic carbocycles. The van der Waals surface area contributed by atoms with Crippen LogP contribution in [0.2, 0.25) is 0 Å². The third-order valence-electron chi connectivity index (χ3n) is 17.3. The number of fused-ring (bicyclic) bond motifs is 5. The number of nitrogens with zero attached hydrogens (tertiary/aromatic N) is 6. The minimum Gasteiger partial charge on any atom is -0.508 e. The standard InChI is InChI=1S/C23H20N2O.C16H12BrNO.C16H16F3NO5S.C15H17NO3.C9H8N2O.C8H5F6NO4S2.C7H9N/c1-3-7-18(8-4-1)15-24-21-13-20-14-22(11-12-23(20)25-16-21)26-17-19-9-5-2-6-10-19;17-14-8-13-9-15(6-7-16(13)18-10-14)19-11-12-4-2-1-3-5-12;1-15(2,3)24-14(21)7-10-6-11-8-12(4-5-13(11)20-9-10)25-26(22,23)16(17,18)19;1-15(2,3)19-14(18)7-10-6-11-8-12(17)4-5-13(11)16-9-10;10-7-3-6-4-8(12)1-2-9(6)11-5-7;9-7(10,11)20(16,17)15(6-4-2-1-3-5-6)21(18,19)8(12,13)14;8-6-7-4-2-1-3-5-7/h1-14,16,24H,15,17H2;1-10H,11H2;4-6,8-9H,7H2,1-3H3;4-6,8-9,17H,7H2,1-3H3;1-5,12H,10H2;1-5H;1-5H,6,8H2. The average molecular weight is 1930 g/mol. The van der Waals surface area contributed by atoms with Crippen LogP contribution >= 0.6 is 15.9 Å². The van der Waals surface area contributed by atoms with Gasteiger partial charge in [0, 0.05) is 63.1 Å². The number of phenols is 2. The molecule has 0 saturated carbocycles. The molecule has 0 spiro atoms. The number of aromatic nitrogens is 5. The number of phenolic OH excluding ortho intramolecular Hbond substituents is 2. The molecule has 0 saturated heterocycles. The number of halogens is 10. The van der Waals surface area contributed by atoms with Crippen molar-refractivity contribution in [1.82, 2.24) is 24.9 Å². The maximum atomic E-state index is 12.4. The highest BCUT2D eigenvalue weighted by molar-refractivity contribution is 9.10. The third kappa shape index (κ3) is 31.6. The monoisotopic (exact) mass is 1930 g/mol. The maximum Gasteiger partial charge on any atom is 0.534 e. The Morgan fingerprint density at radius 3 is 1.16 bits per heavy atom. The number of hydrogen-bond acceptors (Lipinski definition) is 23. The van der Waals surface area contributed by atoms with Gasteiger partial charge in [0.1, 0.15) is 53.2 Å². The molecule has 24 nitrogen and oxygen atoms in total. The van der Waals surface area contributed by atoms with Crippen molar-refractivity contribution >= 4 is 130 Å². The molecule has 0 atom stereocenters. The Kier molecular flexibility index (Phi) is 34.7. The Morgan fingerprint density at radius 1 is 0.397 bits per heavy atom. The Bertz CT molecular complexity index is 6570. The number of pyridine rings is 5. The Balaban J connectivity index is 0.000000176. The highest BCUT2D eigenvalue weighted by Gasteiger charge is 2.62. The number of carbonyl (C=O) groups excluding carboxylic acids is 2. The van der Waals surface area contributed by atoms with Gasteiger partial charge < -0.3 is 50.1 Å². The number of nitrogens with two attached hydrogens (primary N) is 2. The molecule has 0 aliphatic rings. The van der Waals surface area contributed by atoms with E-state index < -0.39 is 79.0 Å². The van der Waals surface area contributed by atoms with E-state index in [1.165, 1.54) is 29.5 Å². The summed E-state index contributed by atoms with van der Waals surface area (Å²) in [4.78, 5) is 44.9. The first-order chi connectivity index (χ1) is 61.7. The fraction of sp³-hybridized carbons (Fsp3) is 0.181. The maximum absolute atomic E-state index is 12.4. The quantitative estimate of drug-likeness (QED) is 0.0217. The van der Waals surface area contributed by atoms with Crippen LogP contribution in [0.25, 0.3) is 54.5 Å². The van der Waals surface area contributed by atoms with Crippen molar-refractivity contribution in [3.63, 3.8) is 0 Å². The zero-order valence-corrected chi connectivity index (χ0v) is 74.7. The summed E-state index contributed by atoms with van der Waals surface area (Å²) >= 11 is 3.43. The summed E-state index contributed by atoms with van der Waals surface area (Å²) in [6.45, 7) is 13.2. The van der Waals surface area contributed by atoms with Gasteiger partial charge >= 0.3 is 58.6 Å². The first-order valence-corrected chi connectivity index (χ1v) is 44.3. The van der Waals surface area contributed by atoms with Crippen molar-refractivity contribution in [2.24, 2.45) is 5.73 Å². The van der Waals surface area contributed by atoms with Crippen LogP contribution in [0.1, 0.15) is 74.9 Å². The Hall–Kier alpha value is -13.8. The number of ether oxygens (including phenoxy) is 4. The zero-order chi connectivity index (χ0) is 95.5. The van der Waals surface area contributed by atoms with Crippen LogP contribution in [0, 0.1) is 0 Å². The highest BCUT2D eigenvalue weighted by Crippen LogP contribution is 2.39. The SMILES string of the molecule is Brc1cnc2ccc(OCc3ccccc3)cc2c1.CC(C)(C)OC(=O)Cc1cnc2ccc(O)cc2c1.CC(C)(C)OC(=O)Cc1cnc2ccc(OS(=O)(=O)C(F)(F)F)cc2c1.NCc1ccccc1.Nc1cnc2ccc(O)cc2c1.O=S(=O)(N(c1ccccc1)S(=O)(=O)C(F)(F)F)C(F)(F)F.c1ccc(CNc2cnc3ccc(OCc4ccccc4)cc3c2)cc1. The van der Waals surface area contributed by atoms with Crippen molar-refractivity contribution in [3.05, 3.63) is 342 Å². The molecule has 37 heteroatoms. The largest absolute Gasteiger partial charge is 0.534 e. The smallest absolute Gasteiger partial charge is 0.508 e. The second-order valence-electron chi connectivity index (χ2n) is 30.2. The number of hydrogen-bond donors (Lipinski definition) is 5. The Labute approximate surface area is 757 Å². The van der Waals surface area contributed by atoms with Crippen LogP contribution in [0.5, 0.6) is 28.7 Å². The number of esters is 2. The molecule has 0 aliphatic heterocycles. The summed E-state index contributed by atoms with van der Waals surface area (Å²) in [7, 11) is -19.4. The van der Waals surface area contributed by atoms with Crippen LogP contribution in [0.4, 0.5) is 56.6 Å². The molecule has 0 bridgehead atoms. The van der Waals surface area contributed by atoms with Crippen molar-refractivity contribution in [2.45, 2.75) is 108 Å². The molecule has 5 heterocycles. The first kappa shape index (κ1) is 101. The topological polar surface area (TPSA) is 355 Å². The van der Waals surface area contributed by atoms with E-state index in [1.807, 2.05) is 160 Å². The van der Waals surface area contributed by atoms with Gasteiger partial charge in [-0.05, 0) is 224 Å². The Morgan fingerprint density at radius 2 is 0.748 bits per heavy atom. The molecular formula is C94H87BrF9N9O15S3. The van der Waals surface area contributed by atoms with Crippen molar-refractivity contribution < 1.29 is 108 Å². The van der Waals surface area contributed by atoms with Gasteiger partial charge in [0.2, 0.25) is 0 Å². The van der Waals surface area contributed by atoms with E-state index in [-0.39, 0.29) is 30.3 Å². The number of anilines is 3. The molecule has 7 N–H and O–H groups in total. The number of para-hydroxylation sites is 1. The number of benzene rings is 10. The number of nitrogens with one attached hydrogen (secondary N) is 1. The summed E-state index contributed by atoms with van der Waals surface area (Å²) in [5.41, 5.74) is 1.95. The summed E-state index contributed by atoms with van der Waals surface area (Å²) in [5, 5.41) is 26.1. The predicted molar refractivity (Wildman–Crippen MR) is 487 cm³/mol. The number of rotatable bonds is 19. The van der Waals surface area contributed by atoms with Crippen LogP contribution in [0.3, 0.4) is 0 Å². The molecule has 15 aromatic rings. The molecule has 5 aromatic heterocycles. The van der Waals surface area contributed by atoms with E-state index in [4.69, 9.17) is 35.5 Å². The van der Waals surface area contributed by atoms with E-state index in [2.05, 4.69) is 92.8 Å². The second kappa shape index (κ2) is 45.0.